The fourth-order valence-corrected chi connectivity index (χ4v) is 0. The SMILES string of the molecule is O.O.O=[N+]([O-])[O-].O=[N+]([O-])[O-].[Cu+2]. The zero-order chi connectivity index (χ0) is 7.15. The van der Waals surface area contributed by atoms with Gasteiger partial charge in [0.25, 0.3) is 0 Å². The predicted octanol–water partition coefficient (Wildman–Crippen LogP) is -2.13. The van der Waals surface area contributed by atoms with Gasteiger partial charge in [-0.25, -0.2) is 0 Å². The van der Waals surface area contributed by atoms with Crippen LogP contribution in [0.25, 0.3) is 0 Å². The Morgan fingerprint density at radius 2 is 0.727 bits per heavy atom. The molecule has 0 bridgehead atoms. The Balaban J connectivity index is -0.0000000171. The van der Waals surface area contributed by atoms with E-state index in [9.17, 15) is 0 Å². The van der Waals surface area contributed by atoms with E-state index in [2.05, 4.69) is 0 Å². The van der Waals surface area contributed by atoms with Crippen molar-refractivity contribution in [3.63, 3.8) is 0 Å². The summed E-state index contributed by atoms with van der Waals surface area (Å²) >= 11 is 0. The molecule has 0 spiro atoms. The van der Waals surface area contributed by atoms with Gasteiger partial charge in [0.15, 0.2) is 0 Å². The minimum atomic E-state index is -1.75. The fraction of sp³-hybridized carbons (Fsp3) is 0. The molecule has 4 N–H and O–H groups in total. The van der Waals surface area contributed by atoms with Gasteiger partial charge < -0.3 is 41.6 Å². The Kier molecular flexibility index (Phi) is 69.2. The topological polar surface area (TPSA) is 195 Å². The third kappa shape index (κ3) is 307. The minimum absolute atomic E-state index is 0. The van der Waals surface area contributed by atoms with Crippen molar-refractivity contribution in [2.45, 2.75) is 0 Å². The van der Waals surface area contributed by atoms with Gasteiger partial charge in [0.2, 0.25) is 0 Å². The minimum Gasteiger partial charge on any atom is -0.412 e. The summed E-state index contributed by atoms with van der Waals surface area (Å²) in [5.41, 5.74) is 0. The van der Waals surface area contributed by atoms with Crippen molar-refractivity contribution in [3.8, 4) is 0 Å². The summed E-state index contributed by atoms with van der Waals surface area (Å²) in [5.74, 6) is 0. The second-order valence-electron chi connectivity index (χ2n) is 0.447. The maximum Gasteiger partial charge on any atom is 2.00 e. The molecule has 0 aromatic rings. The first kappa shape index (κ1) is 32.8. The third-order valence-electron chi connectivity index (χ3n) is 0. The average molecular weight is 224 g/mol. The van der Waals surface area contributed by atoms with Crippen molar-refractivity contribution in [1.82, 2.24) is 0 Å². The van der Waals surface area contributed by atoms with Crippen LogP contribution in [-0.2, 0) is 17.1 Å². The van der Waals surface area contributed by atoms with E-state index in [0.717, 1.165) is 0 Å². The maximum absolute atomic E-state index is 8.25. The van der Waals surface area contributed by atoms with Crippen LogP contribution in [0.15, 0.2) is 0 Å². The standard InChI is InChI=1S/Cu.2NO3.2H2O/c;2*2-1(3)4;;/h;;;2*1H2/q+2;2*-1;;. The smallest absolute Gasteiger partial charge is 0.412 e. The molecule has 0 aliphatic rings. The summed E-state index contributed by atoms with van der Waals surface area (Å²) in [7, 11) is 0. The van der Waals surface area contributed by atoms with E-state index in [1.165, 1.54) is 0 Å². The second-order valence-corrected chi connectivity index (χ2v) is 0.447. The van der Waals surface area contributed by atoms with Gasteiger partial charge in [-0.3, -0.25) is 0 Å². The van der Waals surface area contributed by atoms with E-state index in [-0.39, 0.29) is 28.0 Å². The number of rotatable bonds is 0. The molecule has 0 heterocycles. The molecule has 0 aliphatic heterocycles. The van der Waals surface area contributed by atoms with Crippen molar-refractivity contribution in [1.29, 1.82) is 0 Å². The van der Waals surface area contributed by atoms with Gasteiger partial charge in [-0.05, 0) is 0 Å². The summed E-state index contributed by atoms with van der Waals surface area (Å²) < 4.78 is 0. The normalized spacial score (nSPS) is 4.36. The molecule has 0 amide bonds. The van der Waals surface area contributed by atoms with Crippen molar-refractivity contribution < 1.29 is 38.2 Å². The largest absolute Gasteiger partial charge is 2.00 e. The molecule has 0 unspecified atom stereocenters. The Bertz CT molecular complexity index is 70.1. The molecule has 0 aromatic carbocycles. The molecule has 11 heavy (non-hydrogen) atoms. The van der Waals surface area contributed by atoms with Crippen LogP contribution < -0.4 is 0 Å². The first-order chi connectivity index (χ1) is 3.46. The average Bonchev–Trinajstić information content (AvgIpc) is 1.25. The Morgan fingerprint density at radius 3 is 0.727 bits per heavy atom. The van der Waals surface area contributed by atoms with Gasteiger partial charge >= 0.3 is 17.1 Å². The monoisotopic (exact) mass is 223 g/mol. The molecule has 10 nitrogen and oxygen atoms in total. The quantitative estimate of drug-likeness (QED) is 0.255. The van der Waals surface area contributed by atoms with Gasteiger partial charge in [0.05, 0.1) is 10.2 Å². The Hall–Kier alpha value is -1.16. The summed E-state index contributed by atoms with van der Waals surface area (Å²) in [6, 6.07) is 0. The molecule has 0 atom stereocenters. The summed E-state index contributed by atoms with van der Waals surface area (Å²) in [6.45, 7) is 0. The summed E-state index contributed by atoms with van der Waals surface area (Å²) in [5, 5.41) is 29.5. The number of nitrogens with zero attached hydrogens (tertiary/aromatic N) is 2. The van der Waals surface area contributed by atoms with Gasteiger partial charge in [0, 0.05) is 0 Å². The molecule has 73 valence electrons. The molecular weight excluding hydrogens is 220 g/mol. The van der Waals surface area contributed by atoms with E-state index in [1.807, 2.05) is 0 Å². The molecular formula is H4CuN2O8. The van der Waals surface area contributed by atoms with Gasteiger partial charge in [-0.15, -0.1) is 0 Å². The van der Waals surface area contributed by atoms with Crippen LogP contribution in [0, 0.1) is 30.6 Å². The van der Waals surface area contributed by atoms with E-state index in [0.29, 0.717) is 0 Å². The summed E-state index contributed by atoms with van der Waals surface area (Å²) in [4.78, 5) is 16.5. The van der Waals surface area contributed by atoms with Crippen molar-refractivity contribution in [3.05, 3.63) is 30.6 Å². The molecule has 11 heteroatoms. The van der Waals surface area contributed by atoms with Crippen molar-refractivity contribution in [2.24, 2.45) is 0 Å². The first-order valence-electron chi connectivity index (χ1n) is 1.10. The Labute approximate surface area is 69.7 Å². The van der Waals surface area contributed by atoms with E-state index >= 15 is 0 Å². The van der Waals surface area contributed by atoms with Crippen molar-refractivity contribution in [2.75, 3.05) is 0 Å². The van der Waals surface area contributed by atoms with Crippen LogP contribution >= 0.6 is 0 Å². The molecule has 1 radical (unpaired) electrons. The molecule has 0 aromatic heterocycles. The van der Waals surface area contributed by atoms with Crippen molar-refractivity contribution >= 4 is 0 Å². The second kappa shape index (κ2) is 23.2. The van der Waals surface area contributed by atoms with E-state index < -0.39 is 10.2 Å². The van der Waals surface area contributed by atoms with Crippen LogP contribution in [0.1, 0.15) is 0 Å². The van der Waals surface area contributed by atoms with Crippen LogP contribution in [0.2, 0.25) is 0 Å². The molecule has 0 saturated heterocycles. The zero-order valence-corrected chi connectivity index (χ0v) is 5.59. The molecule has 0 aliphatic carbocycles. The molecule has 0 rings (SSSR count). The molecule has 0 saturated carbocycles. The van der Waals surface area contributed by atoms with Crippen LogP contribution in [0.3, 0.4) is 0 Å². The van der Waals surface area contributed by atoms with Gasteiger partial charge in [-0.1, -0.05) is 0 Å². The first-order valence-corrected chi connectivity index (χ1v) is 1.10. The fourth-order valence-electron chi connectivity index (χ4n) is 0. The van der Waals surface area contributed by atoms with Gasteiger partial charge in [0.1, 0.15) is 0 Å². The number of hydrogen-bond acceptors (Lipinski definition) is 6. The predicted molar refractivity (Wildman–Crippen MR) is 28.0 cm³/mol. The number of hydrogen-bond donors (Lipinski definition) is 0. The van der Waals surface area contributed by atoms with Crippen LogP contribution in [-0.4, -0.2) is 21.1 Å². The van der Waals surface area contributed by atoms with Crippen LogP contribution in [0.4, 0.5) is 0 Å². The summed E-state index contributed by atoms with van der Waals surface area (Å²) in [6.07, 6.45) is 0. The van der Waals surface area contributed by atoms with E-state index in [1.54, 1.807) is 0 Å². The van der Waals surface area contributed by atoms with Gasteiger partial charge in [-0.2, -0.15) is 0 Å². The maximum atomic E-state index is 8.25. The third-order valence-corrected chi connectivity index (χ3v) is 0. The molecule has 0 fully saturated rings. The van der Waals surface area contributed by atoms with Crippen LogP contribution in [0.5, 0.6) is 0 Å². The zero-order valence-electron chi connectivity index (χ0n) is 4.65. The van der Waals surface area contributed by atoms with E-state index in [4.69, 9.17) is 30.6 Å². The Morgan fingerprint density at radius 1 is 0.727 bits per heavy atom.